The monoisotopic (exact) mass is 266 g/mol. The topological polar surface area (TPSA) is 83.3 Å². The molecule has 1 unspecified atom stereocenters. The molecule has 0 amide bonds. The summed E-state index contributed by atoms with van der Waals surface area (Å²) in [6, 6.07) is 0. The smallest absolute Gasteiger partial charge is 0.274 e. The molecule has 18 heavy (non-hydrogen) atoms. The lowest BCUT2D eigenvalue weighted by Crippen LogP contribution is -2.42. The highest BCUT2D eigenvalue weighted by Crippen LogP contribution is 1.92. The number of nitrogens with zero attached hydrogens (tertiary/aromatic N) is 2. The number of aliphatic hydroxyl groups is 1. The summed E-state index contributed by atoms with van der Waals surface area (Å²) in [5.74, 6) is 0. The SMILES string of the molecule is CCOC(O)OCCCON[N+](=O)N(CC)CC. The second-order valence-electron chi connectivity index (χ2n) is 3.34. The molecule has 0 aliphatic heterocycles. The van der Waals surface area contributed by atoms with Crippen LogP contribution in [0.2, 0.25) is 0 Å². The van der Waals surface area contributed by atoms with E-state index in [1.54, 1.807) is 6.92 Å². The van der Waals surface area contributed by atoms with Gasteiger partial charge in [-0.15, -0.1) is 5.01 Å². The molecule has 8 heteroatoms. The number of nitrogens with one attached hydrogen (secondary N) is 1. The van der Waals surface area contributed by atoms with Crippen LogP contribution in [0.25, 0.3) is 0 Å². The van der Waals surface area contributed by atoms with Crippen molar-refractivity contribution in [3.63, 3.8) is 0 Å². The molecule has 0 aliphatic carbocycles. The molecule has 1 atom stereocenters. The van der Waals surface area contributed by atoms with Gasteiger partial charge in [0.2, 0.25) is 0 Å². The average Bonchev–Trinajstić information content (AvgIpc) is 2.35. The first kappa shape index (κ1) is 17.0. The van der Waals surface area contributed by atoms with Crippen LogP contribution in [-0.4, -0.2) is 54.5 Å². The van der Waals surface area contributed by atoms with E-state index in [1.807, 2.05) is 13.8 Å². The van der Waals surface area contributed by atoms with Crippen molar-refractivity contribution in [1.29, 1.82) is 0 Å². The van der Waals surface area contributed by atoms with E-state index in [-0.39, 0.29) is 6.61 Å². The minimum absolute atomic E-state index is 0.285. The highest BCUT2D eigenvalue weighted by Gasteiger charge is 2.16. The Morgan fingerprint density at radius 1 is 1.22 bits per heavy atom. The molecule has 108 valence electrons. The molecule has 0 saturated carbocycles. The minimum atomic E-state index is -1.20. The molecule has 0 heterocycles. The van der Waals surface area contributed by atoms with Crippen LogP contribution in [0, 0.1) is 4.91 Å². The third-order valence-corrected chi connectivity index (χ3v) is 2.09. The number of ether oxygens (including phenoxy) is 2. The molecule has 0 fully saturated rings. The van der Waals surface area contributed by atoms with E-state index in [4.69, 9.17) is 19.4 Å². The molecular weight excluding hydrogens is 242 g/mol. The second-order valence-corrected chi connectivity index (χ2v) is 3.34. The van der Waals surface area contributed by atoms with Gasteiger partial charge in [-0.2, -0.15) is 0 Å². The van der Waals surface area contributed by atoms with Gasteiger partial charge in [0, 0.05) is 12.2 Å². The molecular formula is C10H24N3O5+. The summed E-state index contributed by atoms with van der Waals surface area (Å²) in [5, 5.41) is 10.6. The zero-order valence-electron chi connectivity index (χ0n) is 11.3. The van der Waals surface area contributed by atoms with Crippen LogP contribution in [-0.2, 0) is 14.3 Å². The van der Waals surface area contributed by atoms with Crippen molar-refractivity contribution in [2.45, 2.75) is 33.7 Å². The molecule has 0 aliphatic rings. The largest absolute Gasteiger partial charge is 0.346 e. The third kappa shape index (κ3) is 8.18. The predicted molar refractivity (Wildman–Crippen MR) is 63.8 cm³/mol. The quantitative estimate of drug-likeness (QED) is 0.225. The van der Waals surface area contributed by atoms with Crippen molar-refractivity contribution in [3.8, 4) is 0 Å². The first-order valence-corrected chi connectivity index (χ1v) is 6.16. The van der Waals surface area contributed by atoms with Crippen molar-refractivity contribution >= 4 is 0 Å². The summed E-state index contributed by atoms with van der Waals surface area (Å²) in [5.41, 5.74) is 2.25. The molecule has 0 rings (SSSR count). The maximum atomic E-state index is 11.3. The van der Waals surface area contributed by atoms with E-state index in [9.17, 15) is 4.91 Å². The van der Waals surface area contributed by atoms with Gasteiger partial charge in [0.25, 0.3) is 11.5 Å². The summed E-state index contributed by atoms with van der Waals surface area (Å²) < 4.78 is 9.66. The lowest BCUT2D eigenvalue weighted by Gasteiger charge is -2.11. The van der Waals surface area contributed by atoms with Crippen LogP contribution in [0.1, 0.15) is 27.2 Å². The standard InChI is InChI=1S/C10H24N3O5/c1-4-12(5-2)13(15)11-18-9-7-8-17-10(14)16-6-3/h10,14H,4-9H2,1-3H3,(H,11,15)/q+1. The van der Waals surface area contributed by atoms with E-state index in [0.29, 0.717) is 37.7 Å². The summed E-state index contributed by atoms with van der Waals surface area (Å²) in [4.78, 5) is 16.8. The third-order valence-electron chi connectivity index (χ3n) is 2.09. The van der Waals surface area contributed by atoms with Gasteiger partial charge in [0.05, 0.1) is 31.2 Å². The molecule has 8 nitrogen and oxygen atoms in total. The first-order chi connectivity index (χ1) is 8.65. The van der Waals surface area contributed by atoms with Crippen molar-refractivity contribution in [3.05, 3.63) is 4.91 Å². The number of hydrogen-bond acceptors (Lipinski definition) is 5. The van der Waals surface area contributed by atoms with E-state index in [2.05, 4.69) is 5.59 Å². The van der Waals surface area contributed by atoms with E-state index >= 15 is 0 Å². The predicted octanol–water partition coefficient (Wildman–Crippen LogP) is 0.177. The average molecular weight is 266 g/mol. The Labute approximate surface area is 107 Å². The Hall–Kier alpha value is -0.960. The zero-order valence-corrected chi connectivity index (χ0v) is 11.3. The van der Waals surface area contributed by atoms with Gasteiger partial charge in [-0.25, -0.2) is 4.84 Å². The highest BCUT2D eigenvalue weighted by molar-refractivity contribution is 4.32. The van der Waals surface area contributed by atoms with Crippen molar-refractivity contribution in [1.82, 2.24) is 10.6 Å². The first-order valence-electron chi connectivity index (χ1n) is 6.16. The van der Waals surface area contributed by atoms with Gasteiger partial charge in [-0.3, -0.25) is 0 Å². The molecule has 0 aromatic rings. The van der Waals surface area contributed by atoms with Crippen molar-refractivity contribution in [2.24, 2.45) is 0 Å². The lowest BCUT2D eigenvalue weighted by atomic mass is 10.5. The molecule has 0 bridgehead atoms. The van der Waals surface area contributed by atoms with Gasteiger partial charge in [-0.1, -0.05) is 0 Å². The number of aliphatic hydroxyl groups excluding tert-OH is 1. The van der Waals surface area contributed by atoms with Gasteiger partial charge in [0.15, 0.2) is 0 Å². The molecule has 0 spiro atoms. The van der Waals surface area contributed by atoms with Crippen molar-refractivity contribution in [2.75, 3.05) is 32.9 Å². The molecule has 2 N–H and O–H groups in total. The number of rotatable bonds is 12. The van der Waals surface area contributed by atoms with E-state index < -0.39 is 6.48 Å². The summed E-state index contributed by atoms with van der Waals surface area (Å²) in [6.07, 6.45) is 0.531. The van der Waals surface area contributed by atoms with Gasteiger partial charge >= 0.3 is 0 Å². The number of hydrazine groups is 2. The summed E-state index contributed by atoms with van der Waals surface area (Å²) in [6.45, 7) is 6.46. The second kappa shape index (κ2) is 11.1. The fourth-order valence-electron chi connectivity index (χ4n) is 1.15. The molecule has 0 aromatic heterocycles. The number of nitroso groups, excluding NO2 is 1. The molecule has 0 aromatic carbocycles. The van der Waals surface area contributed by atoms with Crippen molar-refractivity contribution < 1.29 is 24.4 Å². The maximum absolute atomic E-state index is 11.3. The Bertz CT molecular complexity index is 214. The van der Waals surface area contributed by atoms with Crippen LogP contribution in [0.3, 0.4) is 0 Å². The Kier molecular flexibility index (Phi) is 10.6. The Morgan fingerprint density at radius 3 is 2.44 bits per heavy atom. The van der Waals surface area contributed by atoms with Crippen LogP contribution < -0.4 is 5.59 Å². The number of hydrogen-bond donors (Lipinski definition) is 2. The fraction of sp³-hybridized carbons (Fsp3) is 1.00. The fourth-order valence-corrected chi connectivity index (χ4v) is 1.15. The Balaban J connectivity index is 3.42. The van der Waals surface area contributed by atoms with Gasteiger partial charge in [0.1, 0.15) is 0 Å². The highest BCUT2D eigenvalue weighted by atomic mass is 16.8. The summed E-state index contributed by atoms with van der Waals surface area (Å²) >= 11 is 0. The van der Waals surface area contributed by atoms with E-state index in [0.717, 1.165) is 0 Å². The van der Waals surface area contributed by atoms with Gasteiger partial charge in [-0.05, 0) is 27.2 Å². The molecule has 0 radical (unpaired) electrons. The summed E-state index contributed by atoms with van der Waals surface area (Å²) in [7, 11) is 0. The van der Waals surface area contributed by atoms with Gasteiger partial charge < -0.3 is 14.6 Å². The molecule has 0 saturated heterocycles. The van der Waals surface area contributed by atoms with Crippen LogP contribution in [0.5, 0.6) is 0 Å². The van der Waals surface area contributed by atoms with Crippen LogP contribution in [0.15, 0.2) is 0 Å². The normalized spacial score (nSPS) is 12.2. The zero-order chi connectivity index (χ0) is 13.8. The maximum Gasteiger partial charge on any atom is 0.274 e. The van der Waals surface area contributed by atoms with Crippen LogP contribution in [0.4, 0.5) is 0 Å². The van der Waals surface area contributed by atoms with Crippen LogP contribution >= 0.6 is 0 Å². The lowest BCUT2D eigenvalue weighted by molar-refractivity contribution is -0.788. The van der Waals surface area contributed by atoms with E-state index in [1.165, 1.54) is 5.01 Å². The minimum Gasteiger partial charge on any atom is -0.346 e. The Morgan fingerprint density at radius 2 is 1.89 bits per heavy atom.